The van der Waals surface area contributed by atoms with Crippen molar-refractivity contribution in [1.29, 1.82) is 0 Å². The van der Waals surface area contributed by atoms with E-state index in [-0.39, 0.29) is 6.04 Å². The van der Waals surface area contributed by atoms with Crippen LogP contribution in [0.3, 0.4) is 0 Å². The molecule has 0 aliphatic heterocycles. The fourth-order valence-electron chi connectivity index (χ4n) is 3.05. The average Bonchev–Trinajstić information content (AvgIpc) is 3.09. The minimum atomic E-state index is -0.455. The van der Waals surface area contributed by atoms with Gasteiger partial charge in [0, 0.05) is 29.1 Å². The molecule has 2 atom stereocenters. The normalized spacial score (nSPS) is 13.5. The molecule has 4 N–H and O–H groups in total. The highest BCUT2D eigenvalue weighted by molar-refractivity contribution is 9.10. The van der Waals surface area contributed by atoms with E-state index in [2.05, 4.69) is 20.9 Å². The maximum Gasteiger partial charge on any atom is 0.181 e. The molecule has 0 bridgehead atoms. The highest BCUT2D eigenvalue weighted by atomic mass is 79.9. The van der Waals surface area contributed by atoms with Gasteiger partial charge in [-0.25, -0.2) is 9.97 Å². The van der Waals surface area contributed by atoms with E-state index in [1.54, 1.807) is 12.1 Å². The monoisotopic (exact) mass is 455 g/mol. The number of hydrogen-bond donors (Lipinski definition) is 2. The lowest BCUT2D eigenvalue weighted by molar-refractivity contribution is -0.605. The van der Waals surface area contributed by atoms with Crippen LogP contribution in [0, 0.1) is 5.21 Å². The Morgan fingerprint density at radius 3 is 2.50 bits per heavy atom. The zero-order valence-corrected chi connectivity index (χ0v) is 17.2. The maximum absolute atomic E-state index is 11.3. The topological polar surface area (TPSA) is 105 Å². The van der Waals surface area contributed by atoms with Gasteiger partial charge in [0.1, 0.15) is 0 Å². The summed E-state index contributed by atoms with van der Waals surface area (Å²) in [6, 6.07) is 12.7. The van der Waals surface area contributed by atoms with E-state index in [4.69, 9.17) is 16.5 Å². The van der Waals surface area contributed by atoms with Crippen LogP contribution in [0.25, 0.3) is 21.6 Å². The molecule has 0 spiro atoms. The number of rotatable bonds is 5. The van der Waals surface area contributed by atoms with Crippen LogP contribution >= 0.6 is 27.3 Å². The minimum Gasteiger partial charge on any atom is -0.619 e. The molecule has 0 aliphatic rings. The smallest absolute Gasteiger partial charge is 0.181 e. The van der Waals surface area contributed by atoms with E-state index < -0.39 is 6.04 Å². The van der Waals surface area contributed by atoms with Gasteiger partial charge in [0.15, 0.2) is 18.2 Å². The molecule has 0 amide bonds. The summed E-state index contributed by atoms with van der Waals surface area (Å²) in [7, 11) is 0. The number of fused-ring (bicyclic) bond motifs is 1. The van der Waals surface area contributed by atoms with Gasteiger partial charge in [0.05, 0.1) is 26.4 Å². The molecule has 4 rings (SSSR count). The molecule has 0 fully saturated rings. The summed E-state index contributed by atoms with van der Waals surface area (Å²) >= 11 is 5.09. The van der Waals surface area contributed by atoms with Crippen LogP contribution in [-0.2, 0) is 6.42 Å². The molecule has 3 aromatic heterocycles. The van der Waals surface area contributed by atoms with Crippen molar-refractivity contribution in [2.45, 2.75) is 18.5 Å². The van der Waals surface area contributed by atoms with Gasteiger partial charge < -0.3 is 16.7 Å². The van der Waals surface area contributed by atoms with Crippen molar-refractivity contribution in [3.05, 3.63) is 81.2 Å². The molecular formula is C20H18BrN5OS. The number of pyridine rings is 1. The van der Waals surface area contributed by atoms with Gasteiger partial charge in [-0.05, 0) is 27.9 Å². The van der Waals surface area contributed by atoms with Crippen LogP contribution < -0.4 is 16.2 Å². The lowest BCUT2D eigenvalue weighted by atomic mass is 9.98. The molecular weight excluding hydrogens is 438 g/mol. The Kier molecular flexibility index (Phi) is 5.36. The van der Waals surface area contributed by atoms with Crippen molar-refractivity contribution in [3.8, 4) is 11.4 Å². The van der Waals surface area contributed by atoms with Gasteiger partial charge >= 0.3 is 0 Å². The van der Waals surface area contributed by atoms with E-state index in [0.717, 1.165) is 36.2 Å². The quantitative estimate of drug-likeness (QED) is 0.354. The second kappa shape index (κ2) is 7.92. The van der Waals surface area contributed by atoms with Crippen LogP contribution in [0.15, 0.2) is 64.7 Å². The van der Waals surface area contributed by atoms with E-state index in [1.165, 1.54) is 23.7 Å². The molecule has 2 unspecified atom stereocenters. The highest BCUT2D eigenvalue weighted by Crippen LogP contribution is 2.35. The standard InChI is InChI=1S/C20H18BrN5OS/c21-14-11-28-19-17(14)24-20(13-6-8-26(27)9-7-13)25-18(19)16(23)15(22)10-12-4-2-1-3-5-12/h1-9,11,15-16H,10,22-23H2. The third-order valence-electron chi connectivity index (χ3n) is 4.55. The number of nitrogens with zero attached hydrogens (tertiary/aromatic N) is 3. The van der Waals surface area contributed by atoms with Crippen LogP contribution in [0.5, 0.6) is 0 Å². The van der Waals surface area contributed by atoms with Crippen molar-refractivity contribution < 1.29 is 4.73 Å². The molecule has 0 aliphatic carbocycles. The van der Waals surface area contributed by atoms with E-state index >= 15 is 0 Å². The van der Waals surface area contributed by atoms with E-state index in [0.29, 0.717) is 12.2 Å². The molecule has 6 nitrogen and oxygen atoms in total. The van der Waals surface area contributed by atoms with Gasteiger partial charge in [-0.1, -0.05) is 30.3 Å². The zero-order valence-electron chi connectivity index (χ0n) is 14.8. The fraction of sp³-hybridized carbons (Fsp3) is 0.150. The Hall–Kier alpha value is -2.39. The highest BCUT2D eigenvalue weighted by Gasteiger charge is 2.23. The second-order valence-corrected chi connectivity index (χ2v) is 8.25. The Labute approximate surface area is 174 Å². The molecule has 3 heterocycles. The van der Waals surface area contributed by atoms with Crippen LogP contribution in [0.4, 0.5) is 0 Å². The molecule has 4 aromatic rings. The Morgan fingerprint density at radius 1 is 1.07 bits per heavy atom. The first-order valence-corrected chi connectivity index (χ1v) is 10.4. The summed E-state index contributed by atoms with van der Waals surface area (Å²) in [5, 5.41) is 13.3. The molecule has 8 heteroatoms. The van der Waals surface area contributed by atoms with Gasteiger partial charge in [-0.2, -0.15) is 4.73 Å². The van der Waals surface area contributed by atoms with Crippen molar-refractivity contribution in [2.24, 2.45) is 11.5 Å². The van der Waals surface area contributed by atoms with Crippen molar-refractivity contribution in [1.82, 2.24) is 9.97 Å². The third-order valence-corrected chi connectivity index (χ3v) is 6.45. The molecule has 0 saturated carbocycles. The van der Waals surface area contributed by atoms with Gasteiger partial charge in [-0.15, -0.1) is 11.3 Å². The molecule has 1 aromatic carbocycles. The van der Waals surface area contributed by atoms with Gasteiger partial charge in [0.25, 0.3) is 0 Å². The van der Waals surface area contributed by atoms with E-state index in [9.17, 15) is 5.21 Å². The number of benzene rings is 1. The summed E-state index contributed by atoms with van der Waals surface area (Å²) < 4.78 is 2.53. The Balaban J connectivity index is 1.75. The number of aromatic nitrogens is 3. The summed E-state index contributed by atoms with van der Waals surface area (Å²) in [4.78, 5) is 9.40. The van der Waals surface area contributed by atoms with Crippen LogP contribution in [0.1, 0.15) is 17.3 Å². The Morgan fingerprint density at radius 2 is 1.79 bits per heavy atom. The first kappa shape index (κ1) is 18.9. The summed E-state index contributed by atoms with van der Waals surface area (Å²) in [6.07, 6.45) is 3.50. The summed E-state index contributed by atoms with van der Waals surface area (Å²) in [5.74, 6) is 0.518. The molecule has 0 radical (unpaired) electrons. The molecule has 142 valence electrons. The predicted octanol–water partition coefficient (Wildman–Crippen LogP) is 3.32. The number of hydrogen-bond acceptors (Lipinski definition) is 6. The predicted molar refractivity (Wildman–Crippen MR) is 115 cm³/mol. The Bertz CT molecular complexity index is 1100. The van der Waals surface area contributed by atoms with Gasteiger partial charge in [0.2, 0.25) is 0 Å². The molecule has 28 heavy (non-hydrogen) atoms. The number of halogens is 1. The zero-order chi connectivity index (χ0) is 19.7. The molecule has 0 saturated heterocycles. The fourth-order valence-corrected chi connectivity index (χ4v) is 4.65. The van der Waals surface area contributed by atoms with Gasteiger partial charge in [-0.3, -0.25) is 0 Å². The number of nitrogens with two attached hydrogens (primary N) is 2. The minimum absolute atomic E-state index is 0.297. The van der Waals surface area contributed by atoms with Crippen molar-refractivity contribution in [3.63, 3.8) is 0 Å². The second-order valence-electron chi connectivity index (χ2n) is 6.52. The number of thiophene rings is 1. The van der Waals surface area contributed by atoms with E-state index in [1.807, 2.05) is 35.7 Å². The van der Waals surface area contributed by atoms with Crippen molar-refractivity contribution >= 4 is 37.5 Å². The van der Waals surface area contributed by atoms with Crippen LogP contribution in [-0.4, -0.2) is 16.0 Å². The maximum atomic E-state index is 11.3. The third kappa shape index (κ3) is 3.77. The summed E-state index contributed by atoms with van der Waals surface area (Å²) in [6.45, 7) is 0. The first-order valence-electron chi connectivity index (χ1n) is 8.72. The lowest BCUT2D eigenvalue weighted by Crippen LogP contribution is -2.36. The largest absolute Gasteiger partial charge is 0.619 e. The SMILES string of the molecule is NC(Cc1ccccc1)C(N)c1nc(-c2cc[n+]([O-])cc2)nc2c(Br)csc12. The first-order chi connectivity index (χ1) is 13.5. The average molecular weight is 456 g/mol. The van der Waals surface area contributed by atoms with Crippen molar-refractivity contribution in [2.75, 3.05) is 0 Å². The lowest BCUT2D eigenvalue weighted by Gasteiger charge is -2.20. The van der Waals surface area contributed by atoms with Crippen LogP contribution in [0.2, 0.25) is 0 Å². The summed E-state index contributed by atoms with van der Waals surface area (Å²) in [5.41, 5.74) is 16.4.